The lowest BCUT2D eigenvalue weighted by molar-refractivity contribution is 0.0523. The Balaban J connectivity index is 2.71. The van der Waals surface area contributed by atoms with Crippen LogP contribution in [-0.2, 0) is 4.74 Å². The van der Waals surface area contributed by atoms with Crippen LogP contribution in [0.5, 0.6) is 0 Å². The van der Waals surface area contributed by atoms with Crippen LogP contribution >= 0.6 is 0 Å². The van der Waals surface area contributed by atoms with Crippen molar-refractivity contribution in [2.24, 2.45) is 0 Å². The summed E-state index contributed by atoms with van der Waals surface area (Å²) in [6.45, 7) is 3.46. The summed E-state index contributed by atoms with van der Waals surface area (Å²) in [6, 6.07) is 1.51. The van der Waals surface area contributed by atoms with E-state index in [1.165, 1.54) is 12.3 Å². The number of carbonyl (C=O) groups excluding carboxylic acids is 1. The second-order valence-electron chi connectivity index (χ2n) is 4.22. The Hall–Kier alpha value is -2.19. The van der Waals surface area contributed by atoms with E-state index < -0.39 is 18.6 Å². The number of rotatable bonds is 3. The standard InChI is InChI=1S/C12H13BN2O5/c1-3-20-12(17)9-5-14-10-7(2)4-8(13(18)19)6-15(10)11(9)16/h4-6,18-19H,3H2,1-2H3. The summed E-state index contributed by atoms with van der Waals surface area (Å²) in [6.07, 6.45) is 2.41. The number of hydrogen-bond donors (Lipinski definition) is 2. The maximum atomic E-state index is 12.2. The van der Waals surface area contributed by atoms with Gasteiger partial charge >= 0.3 is 13.1 Å². The van der Waals surface area contributed by atoms with E-state index >= 15 is 0 Å². The van der Waals surface area contributed by atoms with Crippen molar-refractivity contribution in [3.63, 3.8) is 0 Å². The third kappa shape index (κ3) is 2.43. The van der Waals surface area contributed by atoms with Gasteiger partial charge in [0.05, 0.1) is 6.61 Å². The van der Waals surface area contributed by atoms with Gasteiger partial charge in [0.15, 0.2) is 0 Å². The van der Waals surface area contributed by atoms with Crippen LogP contribution in [0, 0.1) is 6.92 Å². The van der Waals surface area contributed by atoms with Crippen LogP contribution in [-0.4, -0.2) is 39.1 Å². The molecule has 0 aliphatic rings. The first kappa shape index (κ1) is 14.2. The Bertz CT molecular complexity index is 726. The van der Waals surface area contributed by atoms with Gasteiger partial charge in [0, 0.05) is 12.4 Å². The highest BCUT2D eigenvalue weighted by molar-refractivity contribution is 6.58. The Labute approximate surface area is 114 Å². The number of pyridine rings is 1. The molecule has 20 heavy (non-hydrogen) atoms. The van der Waals surface area contributed by atoms with Gasteiger partial charge in [0.2, 0.25) is 0 Å². The Morgan fingerprint density at radius 1 is 1.50 bits per heavy atom. The van der Waals surface area contributed by atoms with Crippen molar-refractivity contribution in [1.82, 2.24) is 9.38 Å². The number of aryl methyl sites for hydroxylation is 1. The van der Waals surface area contributed by atoms with Crippen molar-refractivity contribution < 1.29 is 19.6 Å². The minimum Gasteiger partial charge on any atom is -0.462 e. The van der Waals surface area contributed by atoms with Crippen LogP contribution in [0.1, 0.15) is 22.8 Å². The van der Waals surface area contributed by atoms with Gasteiger partial charge in [0.1, 0.15) is 11.2 Å². The maximum Gasteiger partial charge on any atom is 0.489 e. The van der Waals surface area contributed by atoms with Crippen LogP contribution in [0.15, 0.2) is 23.3 Å². The van der Waals surface area contributed by atoms with E-state index in [1.54, 1.807) is 13.8 Å². The third-order valence-electron chi connectivity index (χ3n) is 2.80. The number of fused-ring (bicyclic) bond motifs is 1. The normalized spacial score (nSPS) is 10.6. The monoisotopic (exact) mass is 276 g/mol. The van der Waals surface area contributed by atoms with Gasteiger partial charge in [-0.3, -0.25) is 9.20 Å². The number of carbonyl (C=O) groups is 1. The molecule has 0 saturated carbocycles. The molecule has 0 amide bonds. The molecule has 0 aromatic carbocycles. The summed E-state index contributed by atoms with van der Waals surface area (Å²) >= 11 is 0. The predicted octanol–water partition coefficient (Wildman–Crippen LogP) is -1.14. The van der Waals surface area contributed by atoms with E-state index in [4.69, 9.17) is 4.74 Å². The minimum atomic E-state index is -1.71. The van der Waals surface area contributed by atoms with E-state index in [2.05, 4.69) is 4.98 Å². The fourth-order valence-corrected chi connectivity index (χ4v) is 1.87. The van der Waals surface area contributed by atoms with Crippen LogP contribution < -0.4 is 11.0 Å². The van der Waals surface area contributed by atoms with Crippen molar-refractivity contribution in [3.8, 4) is 0 Å². The number of aromatic nitrogens is 2. The molecule has 0 unspecified atom stereocenters. The molecule has 0 fully saturated rings. The lowest BCUT2D eigenvalue weighted by atomic mass is 9.81. The van der Waals surface area contributed by atoms with Crippen molar-refractivity contribution in [3.05, 3.63) is 39.9 Å². The summed E-state index contributed by atoms with van der Waals surface area (Å²) < 4.78 is 5.88. The van der Waals surface area contributed by atoms with Crippen molar-refractivity contribution in [2.75, 3.05) is 6.61 Å². The second kappa shape index (κ2) is 5.44. The molecular formula is C12H13BN2O5. The number of esters is 1. The quantitative estimate of drug-likeness (QED) is 0.543. The Morgan fingerprint density at radius 3 is 2.80 bits per heavy atom. The van der Waals surface area contributed by atoms with E-state index in [0.29, 0.717) is 11.2 Å². The van der Waals surface area contributed by atoms with Gasteiger partial charge in [-0.1, -0.05) is 6.07 Å². The van der Waals surface area contributed by atoms with Gasteiger partial charge < -0.3 is 14.8 Å². The molecule has 0 atom stereocenters. The van der Waals surface area contributed by atoms with Crippen LogP contribution in [0.3, 0.4) is 0 Å². The van der Waals surface area contributed by atoms with E-state index in [1.807, 2.05) is 0 Å². The number of hydrogen-bond acceptors (Lipinski definition) is 6. The van der Waals surface area contributed by atoms with Crippen molar-refractivity contribution in [2.45, 2.75) is 13.8 Å². The molecule has 0 spiro atoms. The smallest absolute Gasteiger partial charge is 0.462 e. The summed E-state index contributed by atoms with van der Waals surface area (Å²) in [5.41, 5.74) is 0.253. The zero-order valence-corrected chi connectivity index (χ0v) is 11.0. The Morgan fingerprint density at radius 2 is 2.20 bits per heavy atom. The Kier molecular flexibility index (Phi) is 3.87. The first-order chi connectivity index (χ1) is 9.45. The molecule has 104 valence electrons. The topological polar surface area (TPSA) is 101 Å². The summed E-state index contributed by atoms with van der Waals surface area (Å²) in [5, 5.41) is 18.4. The highest BCUT2D eigenvalue weighted by Gasteiger charge is 2.18. The highest BCUT2D eigenvalue weighted by Crippen LogP contribution is 2.05. The first-order valence-electron chi connectivity index (χ1n) is 6.01. The van der Waals surface area contributed by atoms with Crippen molar-refractivity contribution >= 4 is 24.2 Å². The molecule has 2 aromatic rings. The van der Waals surface area contributed by atoms with Crippen LogP contribution in [0.25, 0.3) is 5.65 Å². The molecule has 7 nitrogen and oxygen atoms in total. The molecule has 0 bridgehead atoms. The largest absolute Gasteiger partial charge is 0.489 e. The van der Waals surface area contributed by atoms with Crippen molar-refractivity contribution in [1.29, 1.82) is 0 Å². The van der Waals surface area contributed by atoms with Crippen LogP contribution in [0.2, 0.25) is 0 Å². The molecule has 2 heterocycles. The summed E-state index contributed by atoms with van der Waals surface area (Å²) in [4.78, 5) is 27.9. The second-order valence-corrected chi connectivity index (χ2v) is 4.22. The van der Waals surface area contributed by atoms with Gasteiger partial charge in [-0.05, 0) is 24.9 Å². The van der Waals surface area contributed by atoms with Gasteiger partial charge in [0.25, 0.3) is 5.56 Å². The lowest BCUT2D eigenvalue weighted by Crippen LogP contribution is -2.34. The van der Waals surface area contributed by atoms with E-state index in [0.717, 1.165) is 10.6 Å². The average molecular weight is 276 g/mol. The summed E-state index contributed by atoms with van der Waals surface area (Å²) in [7, 11) is -1.71. The number of ether oxygens (including phenoxy) is 1. The zero-order chi connectivity index (χ0) is 14.9. The molecule has 0 aliphatic carbocycles. The molecule has 0 aliphatic heterocycles. The SMILES string of the molecule is CCOC(=O)c1cnc2c(C)cc(B(O)O)cn2c1=O. The van der Waals surface area contributed by atoms with Gasteiger partial charge in [-0.25, -0.2) is 9.78 Å². The van der Waals surface area contributed by atoms with Crippen LogP contribution in [0.4, 0.5) is 0 Å². The summed E-state index contributed by atoms with van der Waals surface area (Å²) in [5.74, 6) is -0.757. The lowest BCUT2D eigenvalue weighted by Gasteiger charge is -2.08. The average Bonchev–Trinajstić information content (AvgIpc) is 2.39. The van der Waals surface area contributed by atoms with Gasteiger partial charge in [-0.2, -0.15) is 0 Å². The third-order valence-corrected chi connectivity index (χ3v) is 2.80. The first-order valence-corrected chi connectivity index (χ1v) is 6.01. The minimum absolute atomic E-state index is 0.139. The molecule has 8 heteroatoms. The molecule has 2 aromatic heterocycles. The van der Waals surface area contributed by atoms with E-state index in [-0.39, 0.29) is 17.6 Å². The fourth-order valence-electron chi connectivity index (χ4n) is 1.87. The predicted molar refractivity (Wildman–Crippen MR) is 72.0 cm³/mol. The zero-order valence-electron chi connectivity index (χ0n) is 11.0. The van der Waals surface area contributed by atoms with E-state index in [9.17, 15) is 19.6 Å². The molecule has 0 radical (unpaired) electrons. The highest BCUT2D eigenvalue weighted by atomic mass is 16.5. The number of nitrogens with zero attached hydrogens (tertiary/aromatic N) is 2. The molecule has 0 saturated heterocycles. The fraction of sp³-hybridized carbons (Fsp3) is 0.250. The molecule has 2 rings (SSSR count). The molecular weight excluding hydrogens is 263 g/mol. The maximum absolute atomic E-state index is 12.2. The van der Waals surface area contributed by atoms with Gasteiger partial charge in [-0.15, -0.1) is 0 Å². The molecule has 2 N–H and O–H groups in total.